The van der Waals surface area contributed by atoms with Crippen LogP contribution in [0.4, 0.5) is 0 Å². The summed E-state index contributed by atoms with van der Waals surface area (Å²) >= 11 is 7.33. The second-order valence-electron chi connectivity index (χ2n) is 8.91. The molecule has 3 atom stereocenters. The highest BCUT2D eigenvalue weighted by molar-refractivity contribution is 8.68. The van der Waals surface area contributed by atoms with E-state index in [9.17, 15) is 4.79 Å². The molecule has 0 bridgehead atoms. The Kier molecular flexibility index (Phi) is 20.1. The average Bonchev–Trinajstić information content (AvgIpc) is 2.66. The van der Waals surface area contributed by atoms with Crippen LogP contribution in [0, 0.1) is 0 Å². The van der Waals surface area contributed by atoms with E-state index in [0.29, 0.717) is 0 Å². The molecule has 0 spiro atoms. The van der Waals surface area contributed by atoms with E-state index in [4.69, 9.17) is 26.0 Å². The maximum absolute atomic E-state index is 11.1. The molecule has 0 heterocycles. The van der Waals surface area contributed by atoms with E-state index >= 15 is 0 Å². The minimum atomic E-state index is -2.59. The number of carboxylic acids is 1. The van der Waals surface area contributed by atoms with Gasteiger partial charge in [0, 0.05) is 5.25 Å². The molecular weight excluding hydrogens is 447 g/mol. The predicted octanol–water partition coefficient (Wildman–Crippen LogP) is 9.12. The van der Waals surface area contributed by atoms with Gasteiger partial charge in [0.15, 0.2) is 0 Å². The zero-order valence-corrected chi connectivity index (χ0v) is 23.3. The highest BCUT2D eigenvalue weighted by atomic mass is 32.9. The van der Waals surface area contributed by atoms with Crippen molar-refractivity contribution >= 4 is 34.9 Å². The average molecular weight is 497 g/mol. The molecule has 0 aliphatic rings. The summed E-state index contributed by atoms with van der Waals surface area (Å²) in [7, 11) is 0. The maximum Gasteiger partial charge on any atom is 0.304 e. The molecular formula is C24H49O4PS2. The number of hydrogen-bond acceptors (Lipinski definition) is 5. The molecule has 0 rings (SSSR count). The standard InChI is InChI=1S/C24H49O4PS2/c1-6-8-10-12-14-16-18-21(3)27-29(30,31-23(5)20-24(25)26)28-22(4)19-17-15-13-11-9-7-2/h21-23H,6-20H2,1-5H3,(H,25,26). The fraction of sp³-hybridized carbons (Fsp3) is 0.958. The molecule has 0 radical (unpaired) electrons. The fourth-order valence-electron chi connectivity index (χ4n) is 3.55. The first kappa shape index (κ1) is 31.4. The lowest BCUT2D eigenvalue weighted by Crippen LogP contribution is -2.14. The van der Waals surface area contributed by atoms with Crippen LogP contribution in [-0.4, -0.2) is 28.5 Å². The Bertz CT molecular complexity index is 462. The van der Waals surface area contributed by atoms with Crippen molar-refractivity contribution in [1.29, 1.82) is 0 Å². The molecule has 0 saturated heterocycles. The van der Waals surface area contributed by atoms with Crippen LogP contribution in [0.2, 0.25) is 0 Å². The summed E-state index contributed by atoms with van der Waals surface area (Å²) < 4.78 is 12.6. The zero-order chi connectivity index (χ0) is 23.5. The zero-order valence-electron chi connectivity index (χ0n) is 20.8. The van der Waals surface area contributed by atoms with E-state index in [-0.39, 0.29) is 23.9 Å². The number of rotatable bonds is 22. The van der Waals surface area contributed by atoms with Crippen molar-refractivity contribution in [2.24, 2.45) is 0 Å². The van der Waals surface area contributed by atoms with Crippen molar-refractivity contribution in [3.8, 4) is 0 Å². The highest BCUT2D eigenvalue weighted by Gasteiger charge is 2.29. The Morgan fingerprint density at radius 1 is 0.806 bits per heavy atom. The SMILES string of the molecule is CCCCCCCCC(C)OP(=S)(OC(C)CCCCCCCC)SC(C)CC(=O)O. The van der Waals surface area contributed by atoms with E-state index in [0.717, 1.165) is 25.7 Å². The van der Waals surface area contributed by atoms with Gasteiger partial charge < -0.3 is 14.2 Å². The van der Waals surface area contributed by atoms with E-state index in [1.54, 1.807) is 0 Å². The molecule has 0 fully saturated rings. The highest BCUT2D eigenvalue weighted by Crippen LogP contribution is 2.65. The van der Waals surface area contributed by atoms with Gasteiger partial charge in [-0.25, -0.2) is 0 Å². The van der Waals surface area contributed by atoms with Gasteiger partial charge in [-0.3, -0.25) is 4.79 Å². The molecule has 4 nitrogen and oxygen atoms in total. The van der Waals surface area contributed by atoms with Crippen LogP contribution >= 0.6 is 17.1 Å². The number of carboxylic acid groups (broad SMARTS) is 1. The van der Waals surface area contributed by atoms with Crippen molar-refractivity contribution in [2.45, 2.75) is 148 Å². The first-order valence-electron chi connectivity index (χ1n) is 12.6. The lowest BCUT2D eigenvalue weighted by molar-refractivity contribution is -0.136. The van der Waals surface area contributed by atoms with Crippen LogP contribution in [-0.2, 0) is 25.6 Å². The van der Waals surface area contributed by atoms with Crippen molar-refractivity contribution in [3.63, 3.8) is 0 Å². The molecule has 0 saturated carbocycles. The summed E-state index contributed by atoms with van der Waals surface area (Å²) in [6, 6.07) is 0. The van der Waals surface area contributed by atoms with Gasteiger partial charge in [0.05, 0.1) is 18.6 Å². The monoisotopic (exact) mass is 496 g/mol. The third-order valence-electron chi connectivity index (χ3n) is 5.32. The molecule has 1 N–H and O–H groups in total. The number of aliphatic carboxylic acids is 1. The van der Waals surface area contributed by atoms with Crippen molar-refractivity contribution < 1.29 is 18.9 Å². The third-order valence-corrected chi connectivity index (χ3v) is 11.0. The van der Waals surface area contributed by atoms with Gasteiger partial charge in [0.25, 0.3) is 0 Å². The number of unbranched alkanes of at least 4 members (excludes halogenated alkanes) is 10. The van der Waals surface area contributed by atoms with Crippen molar-refractivity contribution in [3.05, 3.63) is 0 Å². The minimum Gasteiger partial charge on any atom is -0.481 e. The second-order valence-corrected chi connectivity index (χ2v) is 15.4. The topological polar surface area (TPSA) is 55.8 Å². The third kappa shape index (κ3) is 19.6. The summed E-state index contributed by atoms with van der Waals surface area (Å²) in [4.78, 5) is 11.1. The van der Waals surface area contributed by atoms with Gasteiger partial charge in [-0.2, -0.15) is 0 Å². The largest absolute Gasteiger partial charge is 0.481 e. The van der Waals surface area contributed by atoms with Gasteiger partial charge in [0.2, 0.25) is 5.69 Å². The van der Waals surface area contributed by atoms with Crippen molar-refractivity contribution in [2.75, 3.05) is 0 Å². The van der Waals surface area contributed by atoms with Crippen LogP contribution < -0.4 is 0 Å². The summed E-state index contributed by atoms with van der Waals surface area (Å²) in [5.74, 6) is -0.804. The van der Waals surface area contributed by atoms with E-state index < -0.39 is 11.7 Å². The van der Waals surface area contributed by atoms with E-state index in [1.807, 2.05) is 6.92 Å². The first-order chi connectivity index (χ1) is 14.7. The fourth-order valence-corrected chi connectivity index (χ4v) is 10.4. The van der Waals surface area contributed by atoms with Gasteiger partial charge in [-0.05, 0) is 38.5 Å². The lowest BCUT2D eigenvalue weighted by atomic mass is 10.1. The van der Waals surface area contributed by atoms with Crippen LogP contribution in [0.5, 0.6) is 0 Å². The molecule has 0 aromatic heterocycles. The number of hydrogen-bond donors (Lipinski definition) is 1. The van der Waals surface area contributed by atoms with Crippen LogP contribution in [0.15, 0.2) is 0 Å². The minimum absolute atomic E-state index is 0.0442. The molecule has 0 aliphatic carbocycles. The Labute approximate surface area is 201 Å². The Morgan fingerprint density at radius 2 is 1.19 bits per heavy atom. The first-order valence-corrected chi connectivity index (χ1v) is 16.7. The van der Waals surface area contributed by atoms with Gasteiger partial charge in [-0.1, -0.05) is 109 Å². The second kappa shape index (κ2) is 19.8. The maximum atomic E-state index is 11.1. The summed E-state index contributed by atoms with van der Waals surface area (Å²) in [6.45, 7) is 10.5. The molecule has 0 aliphatic heterocycles. The molecule has 3 unspecified atom stereocenters. The molecule has 0 amide bonds. The predicted molar refractivity (Wildman–Crippen MR) is 141 cm³/mol. The van der Waals surface area contributed by atoms with Crippen LogP contribution in [0.3, 0.4) is 0 Å². The van der Waals surface area contributed by atoms with Gasteiger partial charge >= 0.3 is 5.97 Å². The molecule has 186 valence electrons. The molecule has 7 heteroatoms. The molecule has 0 aromatic rings. The Balaban J connectivity index is 4.59. The number of carbonyl (C=O) groups is 1. The van der Waals surface area contributed by atoms with E-state index in [2.05, 4.69) is 27.7 Å². The normalized spacial score (nSPS) is 16.5. The molecule has 0 aromatic carbocycles. The summed E-state index contributed by atoms with van der Waals surface area (Å²) in [6.07, 6.45) is 17.2. The van der Waals surface area contributed by atoms with Crippen LogP contribution in [0.1, 0.15) is 131 Å². The van der Waals surface area contributed by atoms with Crippen molar-refractivity contribution in [1.82, 2.24) is 0 Å². The Morgan fingerprint density at radius 3 is 1.58 bits per heavy atom. The summed E-state index contributed by atoms with van der Waals surface area (Å²) in [5.41, 5.74) is -2.59. The van der Waals surface area contributed by atoms with Gasteiger partial charge in [0.1, 0.15) is 0 Å². The molecule has 31 heavy (non-hydrogen) atoms. The smallest absolute Gasteiger partial charge is 0.304 e. The Hall–Kier alpha value is 0.390. The van der Waals surface area contributed by atoms with E-state index in [1.165, 1.54) is 75.6 Å². The van der Waals surface area contributed by atoms with Crippen LogP contribution in [0.25, 0.3) is 0 Å². The quantitative estimate of drug-likeness (QED) is 0.119. The lowest BCUT2D eigenvalue weighted by Gasteiger charge is -2.29. The summed E-state index contributed by atoms with van der Waals surface area (Å²) in [5, 5.41) is 9.02. The van der Waals surface area contributed by atoms with Gasteiger partial charge in [-0.15, -0.1) is 0 Å².